The van der Waals surface area contributed by atoms with E-state index in [-0.39, 0.29) is 0 Å². The van der Waals surface area contributed by atoms with Gasteiger partial charge < -0.3 is 5.11 Å². The maximum absolute atomic E-state index is 10.3. The van der Waals surface area contributed by atoms with Gasteiger partial charge in [0.1, 0.15) is 0 Å². The third-order valence-electron chi connectivity index (χ3n) is 4.07. The van der Waals surface area contributed by atoms with Crippen LogP contribution in [0.15, 0.2) is 79.1 Å². The second kappa shape index (κ2) is 7.86. The van der Waals surface area contributed by atoms with E-state index in [0.717, 1.165) is 17.7 Å². The van der Waals surface area contributed by atoms with Crippen molar-refractivity contribution in [3.8, 4) is 11.1 Å². The Morgan fingerprint density at radius 3 is 2.33 bits per heavy atom. The Morgan fingerprint density at radius 2 is 1.67 bits per heavy atom. The molecule has 3 rings (SSSR count). The molecule has 1 unspecified atom stereocenters. The maximum Gasteiger partial charge on any atom is 0.0916 e. The van der Waals surface area contributed by atoms with E-state index >= 15 is 0 Å². The van der Waals surface area contributed by atoms with Gasteiger partial charge in [-0.2, -0.15) is 0 Å². The number of aliphatic hydroxyl groups is 1. The SMILES string of the molecule is CN(Cc1ccc(-c2cccnc2)cc1)CC(O)c1ccccc1. The van der Waals surface area contributed by atoms with Gasteiger partial charge in [0.2, 0.25) is 0 Å². The van der Waals surface area contributed by atoms with Crippen molar-refractivity contribution >= 4 is 0 Å². The summed E-state index contributed by atoms with van der Waals surface area (Å²) in [5.41, 5.74) is 4.47. The quantitative estimate of drug-likeness (QED) is 0.748. The van der Waals surface area contributed by atoms with Crippen molar-refractivity contribution in [2.24, 2.45) is 0 Å². The van der Waals surface area contributed by atoms with Crippen molar-refractivity contribution in [1.29, 1.82) is 0 Å². The van der Waals surface area contributed by atoms with Crippen molar-refractivity contribution in [2.75, 3.05) is 13.6 Å². The number of nitrogens with zero attached hydrogens (tertiary/aromatic N) is 2. The number of likely N-dealkylation sites (N-methyl/N-ethyl adjacent to an activating group) is 1. The predicted molar refractivity (Wildman–Crippen MR) is 97.4 cm³/mol. The Hall–Kier alpha value is -2.49. The van der Waals surface area contributed by atoms with Gasteiger partial charge in [-0.15, -0.1) is 0 Å². The molecule has 1 heterocycles. The van der Waals surface area contributed by atoms with Crippen LogP contribution in [0, 0.1) is 0 Å². The molecule has 0 aliphatic heterocycles. The van der Waals surface area contributed by atoms with Crippen LogP contribution in [0.3, 0.4) is 0 Å². The van der Waals surface area contributed by atoms with E-state index in [2.05, 4.69) is 40.2 Å². The molecule has 3 nitrogen and oxygen atoms in total. The fourth-order valence-electron chi connectivity index (χ4n) is 2.79. The van der Waals surface area contributed by atoms with Crippen molar-refractivity contribution in [3.05, 3.63) is 90.3 Å². The van der Waals surface area contributed by atoms with Gasteiger partial charge in [-0.3, -0.25) is 9.88 Å². The lowest BCUT2D eigenvalue weighted by molar-refractivity contribution is 0.124. The number of aromatic nitrogens is 1. The van der Waals surface area contributed by atoms with Crippen LogP contribution in [0.2, 0.25) is 0 Å². The minimum atomic E-state index is -0.467. The molecule has 1 atom stereocenters. The van der Waals surface area contributed by atoms with E-state index in [1.807, 2.05) is 49.6 Å². The lowest BCUT2D eigenvalue weighted by atomic mass is 10.1. The van der Waals surface area contributed by atoms with Gasteiger partial charge in [0.05, 0.1) is 6.10 Å². The summed E-state index contributed by atoms with van der Waals surface area (Å²) >= 11 is 0. The Morgan fingerprint density at radius 1 is 0.917 bits per heavy atom. The summed E-state index contributed by atoms with van der Waals surface area (Å²) in [7, 11) is 2.03. The summed E-state index contributed by atoms with van der Waals surface area (Å²) in [6.45, 7) is 1.41. The zero-order chi connectivity index (χ0) is 16.8. The van der Waals surface area contributed by atoms with E-state index in [1.165, 1.54) is 11.1 Å². The number of benzene rings is 2. The van der Waals surface area contributed by atoms with Crippen molar-refractivity contribution in [1.82, 2.24) is 9.88 Å². The summed E-state index contributed by atoms with van der Waals surface area (Å²) in [6.07, 6.45) is 3.19. The molecular weight excluding hydrogens is 296 g/mol. The van der Waals surface area contributed by atoms with Gasteiger partial charge in [0.25, 0.3) is 0 Å². The van der Waals surface area contributed by atoms with Crippen LogP contribution in [0.1, 0.15) is 17.2 Å². The summed E-state index contributed by atoms with van der Waals surface area (Å²) in [4.78, 5) is 6.29. The van der Waals surface area contributed by atoms with Crippen LogP contribution in [0.5, 0.6) is 0 Å². The Bertz CT molecular complexity index is 742. The number of aliphatic hydroxyl groups excluding tert-OH is 1. The lowest BCUT2D eigenvalue weighted by Gasteiger charge is -2.21. The zero-order valence-corrected chi connectivity index (χ0v) is 13.8. The molecule has 0 aliphatic carbocycles. The topological polar surface area (TPSA) is 36.4 Å². The fourth-order valence-corrected chi connectivity index (χ4v) is 2.79. The second-order valence-corrected chi connectivity index (χ2v) is 6.06. The highest BCUT2D eigenvalue weighted by Crippen LogP contribution is 2.19. The molecule has 0 saturated carbocycles. The molecule has 0 amide bonds. The first-order valence-electron chi connectivity index (χ1n) is 8.13. The zero-order valence-electron chi connectivity index (χ0n) is 13.8. The first-order valence-corrected chi connectivity index (χ1v) is 8.13. The molecular formula is C21H22N2O. The molecule has 1 N–H and O–H groups in total. The lowest BCUT2D eigenvalue weighted by Crippen LogP contribution is -2.24. The first kappa shape index (κ1) is 16.4. The normalized spacial score (nSPS) is 12.3. The third-order valence-corrected chi connectivity index (χ3v) is 4.07. The van der Waals surface area contributed by atoms with E-state index in [0.29, 0.717) is 6.54 Å². The molecule has 24 heavy (non-hydrogen) atoms. The van der Waals surface area contributed by atoms with E-state index in [4.69, 9.17) is 0 Å². The highest BCUT2D eigenvalue weighted by molar-refractivity contribution is 5.62. The smallest absolute Gasteiger partial charge is 0.0916 e. The van der Waals surface area contributed by atoms with Gasteiger partial charge in [-0.05, 0) is 35.4 Å². The molecule has 3 heteroatoms. The molecule has 2 aromatic carbocycles. The number of hydrogen-bond donors (Lipinski definition) is 1. The first-order chi connectivity index (χ1) is 11.7. The van der Waals surface area contributed by atoms with Crippen molar-refractivity contribution < 1.29 is 5.11 Å². The van der Waals surface area contributed by atoms with Crippen LogP contribution in [0.25, 0.3) is 11.1 Å². The predicted octanol–water partition coefficient (Wildman–Crippen LogP) is 3.91. The van der Waals surface area contributed by atoms with E-state index in [9.17, 15) is 5.11 Å². The fraction of sp³-hybridized carbons (Fsp3) is 0.190. The van der Waals surface area contributed by atoms with Crippen LogP contribution >= 0.6 is 0 Å². The van der Waals surface area contributed by atoms with Crippen LogP contribution in [-0.2, 0) is 6.54 Å². The van der Waals surface area contributed by atoms with E-state index < -0.39 is 6.10 Å². The molecule has 1 aromatic heterocycles. The number of rotatable bonds is 6. The monoisotopic (exact) mass is 318 g/mol. The standard InChI is InChI=1S/C21H22N2O/c1-23(16-21(24)19-6-3-2-4-7-19)15-17-9-11-18(12-10-17)20-8-5-13-22-14-20/h2-14,21,24H,15-16H2,1H3. The Labute approximate surface area is 143 Å². The average molecular weight is 318 g/mol. The van der Waals surface area contributed by atoms with Crippen molar-refractivity contribution in [2.45, 2.75) is 12.6 Å². The highest BCUT2D eigenvalue weighted by atomic mass is 16.3. The molecule has 0 aliphatic rings. The molecule has 0 fully saturated rings. The molecule has 0 bridgehead atoms. The largest absolute Gasteiger partial charge is 0.387 e. The van der Waals surface area contributed by atoms with Crippen LogP contribution in [0.4, 0.5) is 0 Å². The minimum absolute atomic E-state index is 0.467. The van der Waals surface area contributed by atoms with Gasteiger partial charge in [0, 0.05) is 25.5 Å². The maximum atomic E-state index is 10.3. The summed E-state index contributed by atoms with van der Waals surface area (Å²) in [6, 6.07) is 22.3. The Kier molecular flexibility index (Phi) is 5.36. The number of pyridine rings is 1. The molecule has 0 radical (unpaired) electrons. The van der Waals surface area contributed by atoms with Crippen LogP contribution in [-0.4, -0.2) is 28.6 Å². The summed E-state index contributed by atoms with van der Waals surface area (Å²) in [5.74, 6) is 0. The van der Waals surface area contributed by atoms with Gasteiger partial charge in [0.15, 0.2) is 0 Å². The highest BCUT2D eigenvalue weighted by Gasteiger charge is 2.10. The summed E-state index contributed by atoms with van der Waals surface area (Å²) in [5, 5.41) is 10.3. The molecule has 122 valence electrons. The second-order valence-electron chi connectivity index (χ2n) is 6.06. The number of hydrogen-bond acceptors (Lipinski definition) is 3. The molecule has 0 saturated heterocycles. The molecule has 3 aromatic rings. The molecule has 0 spiro atoms. The summed E-state index contributed by atoms with van der Waals surface area (Å²) < 4.78 is 0. The van der Waals surface area contributed by atoms with E-state index in [1.54, 1.807) is 6.20 Å². The average Bonchev–Trinajstić information content (AvgIpc) is 2.64. The third kappa shape index (κ3) is 4.28. The van der Waals surface area contributed by atoms with Gasteiger partial charge >= 0.3 is 0 Å². The minimum Gasteiger partial charge on any atom is -0.387 e. The van der Waals surface area contributed by atoms with Gasteiger partial charge in [-0.25, -0.2) is 0 Å². The van der Waals surface area contributed by atoms with Crippen LogP contribution < -0.4 is 0 Å². The Balaban J connectivity index is 1.59. The van der Waals surface area contributed by atoms with Gasteiger partial charge in [-0.1, -0.05) is 60.7 Å². The van der Waals surface area contributed by atoms with Crippen molar-refractivity contribution in [3.63, 3.8) is 0 Å².